The van der Waals surface area contributed by atoms with Gasteiger partial charge in [-0.25, -0.2) is 0 Å². The number of nitrogens with zero attached hydrogens (tertiary/aromatic N) is 2. The molecule has 0 aliphatic heterocycles. The zero-order valence-corrected chi connectivity index (χ0v) is 13.1. The number of esters is 2. The summed E-state index contributed by atoms with van der Waals surface area (Å²) in [6, 6.07) is 11.1. The first-order valence-corrected chi connectivity index (χ1v) is 6.99. The van der Waals surface area contributed by atoms with E-state index in [2.05, 4.69) is 0 Å². The highest BCUT2D eigenvalue weighted by Gasteiger charge is 2.77. The topological polar surface area (TPSA) is 100 Å². The quantitative estimate of drug-likeness (QED) is 0.623. The van der Waals surface area contributed by atoms with Crippen molar-refractivity contribution >= 4 is 11.9 Å². The highest BCUT2D eigenvalue weighted by molar-refractivity contribution is 6.04. The van der Waals surface area contributed by atoms with Crippen LogP contribution in [-0.4, -0.2) is 26.2 Å². The van der Waals surface area contributed by atoms with Gasteiger partial charge in [0.05, 0.1) is 26.4 Å². The highest BCUT2D eigenvalue weighted by atomic mass is 16.5. The fourth-order valence-electron chi connectivity index (χ4n) is 3.25. The smallest absolute Gasteiger partial charge is 0.326 e. The number of aryl methyl sites for hydroxylation is 1. The van der Waals surface area contributed by atoms with Crippen LogP contribution in [0.15, 0.2) is 24.3 Å². The molecule has 0 bridgehead atoms. The van der Waals surface area contributed by atoms with Gasteiger partial charge in [0.2, 0.25) is 0 Å². The Balaban J connectivity index is 2.59. The molecular weight excluding hydrogens is 296 g/mol. The van der Waals surface area contributed by atoms with Crippen LogP contribution in [0.25, 0.3) is 0 Å². The minimum absolute atomic E-state index is 0.00344. The lowest BCUT2D eigenvalue weighted by Gasteiger charge is -2.52. The summed E-state index contributed by atoms with van der Waals surface area (Å²) in [7, 11) is 2.23. The lowest BCUT2D eigenvalue weighted by atomic mass is 9.43. The normalized spacial score (nSPS) is 20.3. The Hall–Kier alpha value is -2.86. The van der Waals surface area contributed by atoms with E-state index in [0.29, 0.717) is 0 Å². The summed E-state index contributed by atoms with van der Waals surface area (Å²) in [5.74, 6) is -2.41. The maximum Gasteiger partial charge on any atom is 0.326 e. The lowest BCUT2D eigenvalue weighted by Crippen LogP contribution is -2.64. The molecule has 0 N–H and O–H groups in total. The van der Waals surface area contributed by atoms with Crippen LogP contribution in [0.3, 0.4) is 0 Å². The van der Waals surface area contributed by atoms with Gasteiger partial charge >= 0.3 is 11.9 Å². The molecule has 1 fully saturated rings. The SMILES string of the molecule is COC(=O)C1(C(=O)OC)CC(c2ccc(C)cc2)C1(C#N)C#N. The third-order valence-corrected chi connectivity index (χ3v) is 4.61. The fraction of sp³-hybridized carbons (Fsp3) is 0.412. The zero-order chi connectivity index (χ0) is 17.3. The van der Waals surface area contributed by atoms with Crippen molar-refractivity contribution in [1.29, 1.82) is 10.5 Å². The number of benzene rings is 1. The molecular formula is C17H16N2O4. The minimum atomic E-state index is -1.92. The average molecular weight is 312 g/mol. The third-order valence-electron chi connectivity index (χ3n) is 4.61. The molecule has 23 heavy (non-hydrogen) atoms. The molecule has 1 aromatic rings. The van der Waals surface area contributed by atoms with E-state index in [1.807, 2.05) is 31.2 Å². The Morgan fingerprint density at radius 3 is 1.96 bits per heavy atom. The summed E-state index contributed by atoms with van der Waals surface area (Å²) in [6.07, 6.45) is -0.00344. The van der Waals surface area contributed by atoms with Crippen molar-refractivity contribution in [2.45, 2.75) is 19.3 Å². The van der Waals surface area contributed by atoms with Crippen molar-refractivity contribution in [1.82, 2.24) is 0 Å². The molecule has 0 heterocycles. The van der Waals surface area contributed by atoms with E-state index in [0.717, 1.165) is 25.3 Å². The predicted octanol–water partition coefficient (Wildman–Crippen LogP) is 1.85. The van der Waals surface area contributed by atoms with E-state index in [-0.39, 0.29) is 6.42 Å². The van der Waals surface area contributed by atoms with Crippen molar-refractivity contribution in [2.75, 3.05) is 14.2 Å². The van der Waals surface area contributed by atoms with Crippen LogP contribution in [0.5, 0.6) is 0 Å². The maximum absolute atomic E-state index is 12.3. The van der Waals surface area contributed by atoms with Crippen LogP contribution in [0, 0.1) is 40.4 Å². The van der Waals surface area contributed by atoms with Crippen LogP contribution < -0.4 is 0 Å². The average Bonchev–Trinajstić information content (AvgIpc) is 2.56. The van der Waals surface area contributed by atoms with Gasteiger partial charge in [0.15, 0.2) is 10.8 Å². The van der Waals surface area contributed by atoms with Crippen molar-refractivity contribution in [3.05, 3.63) is 35.4 Å². The van der Waals surface area contributed by atoms with Gasteiger partial charge in [-0.15, -0.1) is 0 Å². The molecule has 118 valence electrons. The van der Waals surface area contributed by atoms with Crippen molar-refractivity contribution in [3.8, 4) is 12.1 Å². The molecule has 1 unspecified atom stereocenters. The summed E-state index contributed by atoms with van der Waals surface area (Å²) in [5.41, 5.74) is -2.03. The van der Waals surface area contributed by atoms with Gasteiger partial charge in [0.1, 0.15) is 0 Å². The van der Waals surface area contributed by atoms with Crippen molar-refractivity contribution < 1.29 is 19.1 Å². The molecule has 1 aliphatic rings. The molecule has 1 aliphatic carbocycles. The number of hydrogen-bond donors (Lipinski definition) is 0. The molecule has 2 rings (SSSR count). The van der Waals surface area contributed by atoms with Gasteiger partial charge in [0.25, 0.3) is 0 Å². The van der Waals surface area contributed by atoms with E-state index < -0.39 is 28.7 Å². The second-order valence-corrected chi connectivity index (χ2v) is 5.59. The Morgan fingerprint density at radius 2 is 1.57 bits per heavy atom. The molecule has 1 aromatic carbocycles. The van der Waals surface area contributed by atoms with Gasteiger partial charge in [-0.3, -0.25) is 9.59 Å². The molecule has 0 aromatic heterocycles. The number of methoxy groups -OCH3 is 2. The number of carbonyl (C=O) groups excluding carboxylic acids is 2. The first kappa shape index (κ1) is 16.5. The second kappa shape index (κ2) is 5.73. The van der Waals surface area contributed by atoms with Crippen LogP contribution in [0.1, 0.15) is 23.5 Å². The van der Waals surface area contributed by atoms with Crippen LogP contribution in [0.2, 0.25) is 0 Å². The Kier molecular flexibility index (Phi) is 4.12. The van der Waals surface area contributed by atoms with Crippen molar-refractivity contribution in [3.63, 3.8) is 0 Å². The summed E-state index contributed by atoms with van der Waals surface area (Å²) in [4.78, 5) is 24.5. The zero-order valence-electron chi connectivity index (χ0n) is 13.1. The van der Waals surface area contributed by atoms with Gasteiger partial charge in [-0.2, -0.15) is 10.5 Å². The molecule has 0 spiro atoms. The Morgan fingerprint density at radius 1 is 1.09 bits per heavy atom. The standard InChI is InChI=1S/C17H16N2O4/c1-11-4-6-12(7-5-11)13-8-17(14(20)22-2,15(21)23-3)16(13,9-18)10-19/h4-7,13H,8H2,1-3H3. The molecule has 0 radical (unpaired) electrons. The number of nitriles is 2. The number of carbonyl (C=O) groups is 2. The first-order chi connectivity index (χ1) is 10.9. The molecule has 6 nitrogen and oxygen atoms in total. The van der Waals surface area contributed by atoms with Gasteiger partial charge in [0, 0.05) is 5.92 Å². The summed E-state index contributed by atoms with van der Waals surface area (Å²) < 4.78 is 9.40. The highest BCUT2D eigenvalue weighted by Crippen LogP contribution is 2.65. The summed E-state index contributed by atoms with van der Waals surface area (Å²) in [5, 5.41) is 19.3. The van der Waals surface area contributed by atoms with Gasteiger partial charge in [-0.05, 0) is 18.9 Å². The van der Waals surface area contributed by atoms with Gasteiger partial charge in [-0.1, -0.05) is 29.8 Å². The maximum atomic E-state index is 12.3. The third kappa shape index (κ3) is 1.99. The number of ether oxygens (including phenoxy) is 2. The van der Waals surface area contributed by atoms with Crippen molar-refractivity contribution in [2.24, 2.45) is 10.8 Å². The van der Waals surface area contributed by atoms with E-state index in [1.54, 1.807) is 12.1 Å². The minimum Gasteiger partial charge on any atom is -0.468 e. The number of hydrogen-bond acceptors (Lipinski definition) is 6. The summed E-state index contributed by atoms with van der Waals surface area (Å²) >= 11 is 0. The van der Waals surface area contributed by atoms with E-state index in [1.165, 1.54) is 0 Å². The van der Waals surface area contributed by atoms with E-state index in [4.69, 9.17) is 9.47 Å². The van der Waals surface area contributed by atoms with E-state index >= 15 is 0 Å². The second-order valence-electron chi connectivity index (χ2n) is 5.59. The largest absolute Gasteiger partial charge is 0.468 e. The molecule has 1 saturated carbocycles. The number of rotatable bonds is 3. The Labute approximate surface area is 134 Å². The van der Waals surface area contributed by atoms with Crippen LogP contribution >= 0.6 is 0 Å². The first-order valence-electron chi connectivity index (χ1n) is 6.99. The molecule has 6 heteroatoms. The van der Waals surface area contributed by atoms with E-state index in [9.17, 15) is 20.1 Å². The fourth-order valence-corrected chi connectivity index (χ4v) is 3.25. The molecule has 0 amide bonds. The lowest BCUT2D eigenvalue weighted by molar-refractivity contribution is -0.188. The van der Waals surface area contributed by atoms with Crippen LogP contribution in [0.4, 0.5) is 0 Å². The van der Waals surface area contributed by atoms with Crippen LogP contribution in [-0.2, 0) is 19.1 Å². The summed E-state index contributed by atoms with van der Waals surface area (Å²) in [6.45, 7) is 1.92. The predicted molar refractivity (Wildman–Crippen MR) is 78.7 cm³/mol. The molecule has 1 atom stereocenters. The van der Waals surface area contributed by atoms with Gasteiger partial charge < -0.3 is 9.47 Å². The Bertz CT molecular complexity index is 694. The molecule has 0 saturated heterocycles. The monoisotopic (exact) mass is 312 g/mol.